The average Bonchev–Trinajstić information content (AvgIpc) is 2.44. The largest absolute Gasteiger partial charge is 0.416 e. The van der Waals surface area contributed by atoms with Crippen molar-refractivity contribution in [2.45, 2.75) is 25.6 Å². The third-order valence-electron chi connectivity index (χ3n) is 3.31. The predicted molar refractivity (Wildman–Crippen MR) is 75.9 cm³/mol. The normalized spacial score (nSPS) is 13.2. The van der Waals surface area contributed by atoms with Crippen molar-refractivity contribution in [1.82, 2.24) is 10.3 Å². The molecule has 0 aliphatic heterocycles. The molecule has 1 N–H and O–H groups in total. The van der Waals surface area contributed by atoms with Crippen molar-refractivity contribution in [1.29, 1.82) is 0 Å². The number of rotatable bonds is 4. The zero-order valence-electron chi connectivity index (χ0n) is 11.9. The highest BCUT2D eigenvalue weighted by Gasteiger charge is 2.30. The molecule has 2 aromatic rings. The molecule has 0 amide bonds. The fourth-order valence-corrected chi connectivity index (χ4v) is 2.22. The van der Waals surface area contributed by atoms with Crippen LogP contribution in [0.5, 0.6) is 0 Å². The SMILES string of the molecule is CNC(Cc1cccc(C(F)(F)F)c1)c1cccc(C)n1. The van der Waals surface area contributed by atoms with Crippen molar-refractivity contribution in [2.24, 2.45) is 0 Å². The van der Waals surface area contributed by atoms with Crippen LogP contribution in [0.1, 0.15) is 28.6 Å². The topological polar surface area (TPSA) is 24.9 Å². The average molecular weight is 294 g/mol. The Morgan fingerprint density at radius 2 is 1.86 bits per heavy atom. The van der Waals surface area contributed by atoms with Gasteiger partial charge < -0.3 is 5.32 Å². The van der Waals surface area contributed by atoms with Crippen LogP contribution in [0.15, 0.2) is 42.5 Å². The van der Waals surface area contributed by atoms with Gasteiger partial charge in [0.25, 0.3) is 0 Å². The maximum atomic E-state index is 12.7. The number of alkyl halides is 3. The van der Waals surface area contributed by atoms with Gasteiger partial charge in [-0.3, -0.25) is 4.98 Å². The van der Waals surface area contributed by atoms with E-state index in [0.717, 1.165) is 17.5 Å². The summed E-state index contributed by atoms with van der Waals surface area (Å²) in [6.45, 7) is 1.89. The molecule has 5 heteroatoms. The van der Waals surface area contributed by atoms with Gasteiger partial charge in [-0.05, 0) is 44.2 Å². The van der Waals surface area contributed by atoms with Crippen LogP contribution in [0.3, 0.4) is 0 Å². The summed E-state index contributed by atoms with van der Waals surface area (Å²) >= 11 is 0. The second-order valence-corrected chi connectivity index (χ2v) is 4.95. The Bertz CT molecular complexity index is 608. The first kappa shape index (κ1) is 15.5. The lowest BCUT2D eigenvalue weighted by molar-refractivity contribution is -0.137. The molecule has 1 aromatic heterocycles. The van der Waals surface area contributed by atoms with Gasteiger partial charge in [-0.15, -0.1) is 0 Å². The summed E-state index contributed by atoms with van der Waals surface area (Å²) in [5.41, 5.74) is 1.73. The number of aryl methyl sites for hydroxylation is 1. The van der Waals surface area contributed by atoms with Crippen molar-refractivity contribution < 1.29 is 13.2 Å². The van der Waals surface area contributed by atoms with Crippen LogP contribution in [-0.4, -0.2) is 12.0 Å². The smallest absolute Gasteiger partial charge is 0.311 e. The van der Waals surface area contributed by atoms with Gasteiger partial charge in [0.05, 0.1) is 17.3 Å². The molecule has 1 aromatic carbocycles. The van der Waals surface area contributed by atoms with E-state index in [1.807, 2.05) is 25.1 Å². The van der Waals surface area contributed by atoms with Crippen LogP contribution in [0.25, 0.3) is 0 Å². The van der Waals surface area contributed by atoms with Gasteiger partial charge >= 0.3 is 6.18 Å². The second-order valence-electron chi connectivity index (χ2n) is 4.95. The first-order valence-electron chi connectivity index (χ1n) is 6.67. The van der Waals surface area contributed by atoms with Crippen molar-refractivity contribution >= 4 is 0 Å². The van der Waals surface area contributed by atoms with E-state index >= 15 is 0 Å². The number of hydrogen-bond donors (Lipinski definition) is 1. The predicted octanol–water partition coefficient (Wildman–Crippen LogP) is 3.91. The zero-order chi connectivity index (χ0) is 15.5. The number of hydrogen-bond acceptors (Lipinski definition) is 2. The molecule has 112 valence electrons. The van der Waals surface area contributed by atoms with Gasteiger partial charge in [-0.25, -0.2) is 0 Å². The van der Waals surface area contributed by atoms with Gasteiger partial charge in [0.15, 0.2) is 0 Å². The molecule has 0 aliphatic carbocycles. The van der Waals surface area contributed by atoms with Gasteiger partial charge in [0.2, 0.25) is 0 Å². The molecule has 0 saturated carbocycles. The number of likely N-dealkylation sites (N-methyl/N-ethyl adjacent to an activating group) is 1. The Kier molecular flexibility index (Phi) is 4.63. The van der Waals surface area contributed by atoms with E-state index in [1.165, 1.54) is 12.1 Å². The minimum atomic E-state index is -4.31. The fourth-order valence-electron chi connectivity index (χ4n) is 2.22. The quantitative estimate of drug-likeness (QED) is 0.924. The summed E-state index contributed by atoms with van der Waals surface area (Å²) in [4.78, 5) is 4.43. The highest BCUT2D eigenvalue weighted by atomic mass is 19.4. The van der Waals surface area contributed by atoms with E-state index in [-0.39, 0.29) is 6.04 Å². The van der Waals surface area contributed by atoms with Crippen LogP contribution in [0, 0.1) is 6.92 Å². The van der Waals surface area contributed by atoms with E-state index in [0.29, 0.717) is 12.0 Å². The van der Waals surface area contributed by atoms with Crippen LogP contribution in [0.4, 0.5) is 13.2 Å². The number of nitrogens with zero attached hydrogens (tertiary/aromatic N) is 1. The molecule has 0 radical (unpaired) electrons. The molecule has 2 rings (SSSR count). The molecule has 0 fully saturated rings. The third-order valence-corrected chi connectivity index (χ3v) is 3.31. The molecule has 2 nitrogen and oxygen atoms in total. The van der Waals surface area contributed by atoms with Crippen molar-refractivity contribution in [2.75, 3.05) is 7.05 Å². The lowest BCUT2D eigenvalue weighted by Crippen LogP contribution is -2.20. The molecule has 0 aliphatic rings. The number of halogens is 3. The Morgan fingerprint density at radius 3 is 2.48 bits per heavy atom. The molecule has 1 atom stereocenters. The second kappa shape index (κ2) is 6.26. The molecule has 0 spiro atoms. The molecule has 1 heterocycles. The first-order valence-corrected chi connectivity index (χ1v) is 6.67. The summed E-state index contributed by atoms with van der Waals surface area (Å²) in [5.74, 6) is 0. The van der Waals surface area contributed by atoms with Gasteiger partial charge in [0.1, 0.15) is 0 Å². The fraction of sp³-hybridized carbons (Fsp3) is 0.312. The number of pyridine rings is 1. The van der Waals surface area contributed by atoms with Gasteiger partial charge in [-0.1, -0.05) is 24.3 Å². The highest BCUT2D eigenvalue weighted by Crippen LogP contribution is 2.30. The summed E-state index contributed by atoms with van der Waals surface area (Å²) in [6.07, 6.45) is -3.86. The van der Waals surface area contributed by atoms with Crippen molar-refractivity contribution in [3.05, 3.63) is 65.0 Å². The Labute approximate surface area is 122 Å². The summed E-state index contributed by atoms with van der Waals surface area (Å²) < 4.78 is 38.2. The van der Waals surface area contributed by atoms with Crippen LogP contribution in [-0.2, 0) is 12.6 Å². The lowest BCUT2D eigenvalue weighted by Gasteiger charge is -2.17. The standard InChI is InChI=1S/C16H17F3N2/c1-11-5-3-8-14(21-11)15(20-2)10-12-6-4-7-13(9-12)16(17,18)19/h3-9,15,20H,10H2,1-2H3. The molecule has 0 bridgehead atoms. The Balaban J connectivity index is 2.23. The number of nitrogens with one attached hydrogen (secondary N) is 1. The summed E-state index contributed by atoms with van der Waals surface area (Å²) in [6, 6.07) is 11.0. The van der Waals surface area contributed by atoms with Crippen LogP contribution >= 0.6 is 0 Å². The summed E-state index contributed by atoms with van der Waals surface area (Å²) in [5, 5.41) is 3.11. The van der Waals surface area contributed by atoms with E-state index in [9.17, 15) is 13.2 Å². The Hall–Kier alpha value is -1.88. The molecular formula is C16H17F3N2. The van der Waals surface area contributed by atoms with E-state index in [1.54, 1.807) is 13.1 Å². The highest BCUT2D eigenvalue weighted by molar-refractivity contribution is 5.27. The maximum absolute atomic E-state index is 12.7. The monoisotopic (exact) mass is 294 g/mol. The zero-order valence-corrected chi connectivity index (χ0v) is 11.9. The van der Waals surface area contributed by atoms with Gasteiger partial charge in [-0.2, -0.15) is 13.2 Å². The minimum Gasteiger partial charge on any atom is -0.311 e. The third kappa shape index (κ3) is 4.04. The first-order chi connectivity index (χ1) is 9.90. The summed E-state index contributed by atoms with van der Waals surface area (Å²) in [7, 11) is 1.78. The van der Waals surface area contributed by atoms with E-state index in [4.69, 9.17) is 0 Å². The van der Waals surface area contributed by atoms with Crippen molar-refractivity contribution in [3.8, 4) is 0 Å². The Morgan fingerprint density at radius 1 is 1.14 bits per heavy atom. The molecular weight excluding hydrogens is 277 g/mol. The maximum Gasteiger partial charge on any atom is 0.416 e. The number of aromatic nitrogens is 1. The van der Waals surface area contributed by atoms with Crippen LogP contribution < -0.4 is 5.32 Å². The molecule has 21 heavy (non-hydrogen) atoms. The minimum absolute atomic E-state index is 0.117. The molecule has 0 saturated heterocycles. The van der Waals surface area contributed by atoms with E-state index in [2.05, 4.69) is 10.3 Å². The lowest BCUT2D eigenvalue weighted by atomic mass is 10.0. The van der Waals surface area contributed by atoms with Crippen molar-refractivity contribution in [3.63, 3.8) is 0 Å². The van der Waals surface area contributed by atoms with Crippen LogP contribution in [0.2, 0.25) is 0 Å². The molecule has 1 unspecified atom stereocenters. The number of benzene rings is 1. The van der Waals surface area contributed by atoms with Gasteiger partial charge in [0, 0.05) is 5.69 Å². The van der Waals surface area contributed by atoms with E-state index < -0.39 is 11.7 Å².